The van der Waals surface area contributed by atoms with Crippen LogP contribution in [0.25, 0.3) is 0 Å². The lowest BCUT2D eigenvalue weighted by atomic mass is 10.0. The number of unbranched alkanes of at least 4 members (excludes halogenated alkanes) is 26. The maximum Gasteiger partial charge on any atom is 0.306 e. The maximum absolute atomic E-state index is 12.2. The first-order valence-corrected chi connectivity index (χ1v) is 20.9. The van der Waals surface area contributed by atoms with Gasteiger partial charge >= 0.3 is 11.9 Å². The molecule has 0 aliphatic rings. The molecule has 1 atom stereocenters. The van der Waals surface area contributed by atoms with Crippen molar-refractivity contribution in [2.45, 2.75) is 225 Å². The SMILES string of the molecule is CCCCCCCC/C=C/C/C=C/CCC(=O)OCC(CO)OC(=O)CCCCCCCCCCCCCCCCCCCCCCC. The molecule has 1 unspecified atom stereocenters. The molecular weight excluding hydrogens is 596 g/mol. The average molecular weight is 677 g/mol. The lowest BCUT2D eigenvalue weighted by molar-refractivity contribution is -0.161. The molecule has 0 heterocycles. The molecule has 0 amide bonds. The normalized spacial score (nSPS) is 12.3. The van der Waals surface area contributed by atoms with Crippen LogP contribution in [0.3, 0.4) is 0 Å². The van der Waals surface area contributed by atoms with Gasteiger partial charge in [-0.3, -0.25) is 9.59 Å². The van der Waals surface area contributed by atoms with E-state index in [2.05, 4.69) is 32.1 Å². The van der Waals surface area contributed by atoms with E-state index in [1.165, 1.54) is 154 Å². The van der Waals surface area contributed by atoms with Crippen molar-refractivity contribution in [3.63, 3.8) is 0 Å². The van der Waals surface area contributed by atoms with Crippen molar-refractivity contribution in [2.24, 2.45) is 0 Å². The number of aliphatic hydroxyl groups is 1. The fraction of sp³-hybridized carbons (Fsp3) is 0.860. The highest BCUT2D eigenvalue weighted by Gasteiger charge is 2.15. The Morgan fingerprint density at radius 1 is 0.479 bits per heavy atom. The fourth-order valence-electron chi connectivity index (χ4n) is 6.08. The van der Waals surface area contributed by atoms with Crippen molar-refractivity contribution in [1.29, 1.82) is 0 Å². The van der Waals surface area contributed by atoms with Crippen molar-refractivity contribution in [3.8, 4) is 0 Å². The summed E-state index contributed by atoms with van der Waals surface area (Å²) < 4.78 is 10.6. The number of rotatable bonds is 38. The maximum atomic E-state index is 12.2. The highest BCUT2D eigenvalue weighted by molar-refractivity contribution is 5.70. The van der Waals surface area contributed by atoms with Crippen LogP contribution in [0, 0.1) is 0 Å². The van der Waals surface area contributed by atoms with Crippen molar-refractivity contribution >= 4 is 11.9 Å². The van der Waals surface area contributed by atoms with Crippen LogP contribution in [-0.2, 0) is 19.1 Å². The minimum absolute atomic E-state index is 0.0920. The van der Waals surface area contributed by atoms with Gasteiger partial charge in [-0.25, -0.2) is 0 Å². The molecule has 48 heavy (non-hydrogen) atoms. The molecular formula is C43H80O5. The molecule has 0 aliphatic carbocycles. The summed E-state index contributed by atoms with van der Waals surface area (Å²) in [7, 11) is 0. The van der Waals surface area contributed by atoms with E-state index in [-0.39, 0.29) is 31.6 Å². The van der Waals surface area contributed by atoms with Gasteiger partial charge in [-0.05, 0) is 32.1 Å². The van der Waals surface area contributed by atoms with E-state index in [1.54, 1.807) is 0 Å². The molecule has 0 spiro atoms. The molecule has 0 saturated heterocycles. The summed E-state index contributed by atoms with van der Waals surface area (Å²) in [5.41, 5.74) is 0. The van der Waals surface area contributed by atoms with Gasteiger partial charge < -0.3 is 14.6 Å². The first kappa shape index (κ1) is 46.4. The molecule has 5 heteroatoms. The first-order valence-electron chi connectivity index (χ1n) is 20.9. The zero-order valence-electron chi connectivity index (χ0n) is 32.0. The second-order valence-corrected chi connectivity index (χ2v) is 14.1. The molecule has 282 valence electrons. The molecule has 0 aromatic carbocycles. The summed E-state index contributed by atoms with van der Waals surface area (Å²) in [6.07, 6.45) is 46.9. The number of hydrogen-bond donors (Lipinski definition) is 1. The summed E-state index contributed by atoms with van der Waals surface area (Å²) in [5.74, 6) is -0.660. The fourth-order valence-corrected chi connectivity index (χ4v) is 6.08. The zero-order chi connectivity index (χ0) is 35.0. The first-order chi connectivity index (χ1) is 23.6. The van der Waals surface area contributed by atoms with Gasteiger partial charge in [-0.1, -0.05) is 199 Å². The van der Waals surface area contributed by atoms with Crippen LogP contribution < -0.4 is 0 Å². The van der Waals surface area contributed by atoms with E-state index in [4.69, 9.17) is 9.47 Å². The molecule has 1 N–H and O–H groups in total. The highest BCUT2D eigenvalue weighted by Crippen LogP contribution is 2.15. The second kappa shape index (κ2) is 39.8. The zero-order valence-corrected chi connectivity index (χ0v) is 32.0. The van der Waals surface area contributed by atoms with Gasteiger partial charge in [0.25, 0.3) is 0 Å². The van der Waals surface area contributed by atoms with Gasteiger partial charge in [0.1, 0.15) is 6.61 Å². The van der Waals surface area contributed by atoms with Crippen molar-refractivity contribution in [3.05, 3.63) is 24.3 Å². The van der Waals surface area contributed by atoms with Crippen molar-refractivity contribution in [2.75, 3.05) is 13.2 Å². The number of carbonyl (C=O) groups excluding carboxylic acids is 2. The third-order valence-electron chi connectivity index (χ3n) is 9.26. The number of aliphatic hydroxyl groups excluding tert-OH is 1. The van der Waals surface area contributed by atoms with Crippen LogP contribution in [0.2, 0.25) is 0 Å². The lowest BCUT2D eigenvalue weighted by Crippen LogP contribution is -2.28. The quantitative estimate of drug-likeness (QED) is 0.0400. The number of ether oxygens (including phenoxy) is 2. The van der Waals surface area contributed by atoms with E-state index in [0.29, 0.717) is 12.8 Å². The number of allylic oxidation sites excluding steroid dienone is 4. The molecule has 0 aliphatic heterocycles. The van der Waals surface area contributed by atoms with Gasteiger partial charge in [-0.2, -0.15) is 0 Å². The van der Waals surface area contributed by atoms with E-state index < -0.39 is 6.10 Å². The average Bonchev–Trinajstić information content (AvgIpc) is 3.09. The molecule has 0 bridgehead atoms. The topological polar surface area (TPSA) is 72.8 Å². The highest BCUT2D eigenvalue weighted by atomic mass is 16.6. The predicted molar refractivity (Wildman–Crippen MR) is 205 cm³/mol. The third kappa shape index (κ3) is 37.2. The molecule has 0 radical (unpaired) electrons. The Hall–Kier alpha value is -1.62. The van der Waals surface area contributed by atoms with Crippen molar-refractivity contribution < 1.29 is 24.2 Å². The van der Waals surface area contributed by atoms with Gasteiger partial charge in [0.2, 0.25) is 0 Å². The molecule has 0 aromatic heterocycles. The van der Waals surface area contributed by atoms with Crippen LogP contribution in [0.15, 0.2) is 24.3 Å². The van der Waals surface area contributed by atoms with E-state index in [9.17, 15) is 14.7 Å². The lowest BCUT2D eigenvalue weighted by Gasteiger charge is -2.15. The number of carbonyl (C=O) groups is 2. The number of esters is 2. The van der Waals surface area contributed by atoms with Crippen LogP contribution in [0.1, 0.15) is 219 Å². The Morgan fingerprint density at radius 2 is 0.875 bits per heavy atom. The predicted octanol–water partition coefficient (Wildman–Crippen LogP) is 13.1. The van der Waals surface area contributed by atoms with Gasteiger partial charge in [-0.15, -0.1) is 0 Å². The van der Waals surface area contributed by atoms with Gasteiger partial charge in [0.05, 0.1) is 6.61 Å². The Labute approximate surface area is 298 Å². The second-order valence-electron chi connectivity index (χ2n) is 14.1. The smallest absolute Gasteiger partial charge is 0.306 e. The van der Waals surface area contributed by atoms with Crippen molar-refractivity contribution in [1.82, 2.24) is 0 Å². The standard InChI is InChI=1S/C43H80O5/c1-3-5-7-9-11-13-15-17-18-19-20-21-22-23-24-26-28-30-32-34-36-38-43(46)48-41(39-44)40-47-42(45)37-35-33-31-29-27-25-16-14-12-10-8-6-4-2/h25,27,31,33,41,44H,3-24,26,28-30,32,34-40H2,1-2H3/b27-25+,33-31+. The van der Waals surface area contributed by atoms with E-state index in [1.807, 2.05) is 6.08 Å². The Kier molecular flexibility index (Phi) is 38.5. The van der Waals surface area contributed by atoms with Gasteiger partial charge in [0, 0.05) is 12.8 Å². The van der Waals surface area contributed by atoms with Crippen LogP contribution in [0.5, 0.6) is 0 Å². The Balaban J connectivity index is 3.53. The van der Waals surface area contributed by atoms with Crippen LogP contribution >= 0.6 is 0 Å². The number of hydrogen-bond acceptors (Lipinski definition) is 5. The molecule has 0 aromatic rings. The minimum atomic E-state index is -0.788. The summed E-state index contributed by atoms with van der Waals surface area (Å²) in [6, 6.07) is 0. The minimum Gasteiger partial charge on any atom is -0.462 e. The summed E-state index contributed by atoms with van der Waals surface area (Å²) in [4.78, 5) is 24.2. The Bertz CT molecular complexity index is 731. The third-order valence-corrected chi connectivity index (χ3v) is 9.26. The van der Waals surface area contributed by atoms with E-state index in [0.717, 1.165) is 32.1 Å². The molecule has 0 saturated carbocycles. The van der Waals surface area contributed by atoms with Crippen LogP contribution in [0.4, 0.5) is 0 Å². The summed E-state index contributed by atoms with van der Waals surface area (Å²) >= 11 is 0. The summed E-state index contributed by atoms with van der Waals surface area (Å²) in [5, 5.41) is 9.55. The van der Waals surface area contributed by atoms with Gasteiger partial charge in [0.15, 0.2) is 6.10 Å². The van der Waals surface area contributed by atoms with Crippen LogP contribution in [-0.4, -0.2) is 36.4 Å². The molecule has 5 nitrogen and oxygen atoms in total. The van der Waals surface area contributed by atoms with E-state index >= 15 is 0 Å². The molecule has 0 rings (SSSR count). The summed E-state index contributed by atoms with van der Waals surface area (Å²) in [6.45, 7) is 4.09. The largest absolute Gasteiger partial charge is 0.462 e. The monoisotopic (exact) mass is 677 g/mol. The molecule has 0 fully saturated rings. The Morgan fingerprint density at radius 3 is 1.31 bits per heavy atom.